The molecule has 0 radical (unpaired) electrons. The Labute approximate surface area is 138 Å². The minimum Gasteiger partial charge on any atom is -0.494 e. The van der Waals surface area contributed by atoms with Crippen molar-refractivity contribution >= 4 is 6.29 Å². The molecular formula is C21H24O2. The summed E-state index contributed by atoms with van der Waals surface area (Å²) in [6.45, 7) is 0.801. The Kier molecular flexibility index (Phi) is 5.46. The molecule has 0 spiro atoms. The Morgan fingerprint density at radius 2 is 1.70 bits per heavy atom. The molecule has 0 N–H and O–H groups in total. The van der Waals surface area contributed by atoms with Gasteiger partial charge >= 0.3 is 0 Å². The average molecular weight is 308 g/mol. The lowest BCUT2D eigenvalue weighted by Crippen LogP contribution is -2.10. The first-order chi connectivity index (χ1) is 11.4. The average Bonchev–Trinajstić information content (AvgIpc) is 2.63. The highest BCUT2D eigenvalue weighted by atomic mass is 16.5. The Hall–Kier alpha value is -2.09. The first-order valence-electron chi connectivity index (χ1n) is 8.64. The fraction of sp³-hybridized carbons (Fsp3) is 0.381. The van der Waals surface area contributed by atoms with E-state index in [1.807, 2.05) is 48.5 Å². The van der Waals surface area contributed by atoms with Gasteiger partial charge in [0.2, 0.25) is 0 Å². The van der Waals surface area contributed by atoms with Gasteiger partial charge in [-0.05, 0) is 35.6 Å². The molecular weight excluding hydrogens is 284 g/mol. The van der Waals surface area contributed by atoms with E-state index in [0.717, 1.165) is 47.7 Å². The molecule has 1 fully saturated rings. The molecule has 2 heteroatoms. The molecule has 0 aliphatic heterocycles. The molecule has 23 heavy (non-hydrogen) atoms. The highest BCUT2D eigenvalue weighted by Crippen LogP contribution is 2.27. The molecule has 0 bridgehead atoms. The Morgan fingerprint density at radius 1 is 0.957 bits per heavy atom. The smallest absolute Gasteiger partial charge is 0.150 e. The number of rotatable bonds is 6. The summed E-state index contributed by atoms with van der Waals surface area (Å²) >= 11 is 0. The van der Waals surface area contributed by atoms with Crippen molar-refractivity contribution in [3.63, 3.8) is 0 Å². The van der Waals surface area contributed by atoms with E-state index >= 15 is 0 Å². The third-order valence-electron chi connectivity index (χ3n) is 4.77. The molecule has 3 rings (SSSR count). The summed E-state index contributed by atoms with van der Waals surface area (Å²) in [5.41, 5.74) is 2.74. The normalized spacial score (nSPS) is 15.3. The van der Waals surface area contributed by atoms with Gasteiger partial charge in [0.15, 0.2) is 6.29 Å². The van der Waals surface area contributed by atoms with Crippen LogP contribution in [0.1, 0.15) is 48.9 Å². The van der Waals surface area contributed by atoms with Crippen LogP contribution in [0.5, 0.6) is 5.75 Å². The summed E-state index contributed by atoms with van der Waals surface area (Å²) in [6.07, 6.45) is 8.97. The van der Waals surface area contributed by atoms with Crippen molar-refractivity contribution in [2.45, 2.75) is 38.5 Å². The van der Waals surface area contributed by atoms with Crippen molar-refractivity contribution in [1.82, 2.24) is 0 Å². The standard InChI is InChI=1S/C21H24O2/c22-16-19-8-4-5-9-21(19)18-10-12-20(13-11-18)23-15-14-17-6-2-1-3-7-17/h4-5,8-13,16-17H,1-3,6-7,14-15H2. The van der Waals surface area contributed by atoms with Crippen molar-refractivity contribution in [3.05, 3.63) is 54.1 Å². The van der Waals surface area contributed by atoms with Crippen LogP contribution in [0.3, 0.4) is 0 Å². The quantitative estimate of drug-likeness (QED) is 0.657. The molecule has 2 aromatic rings. The number of hydrogen-bond donors (Lipinski definition) is 0. The van der Waals surface area contributed by atoms with E-state index in [2.05, 4.69) is 0 Å². The van der Waals surface area contributed by atoms with Crippen LogP contribution in [0.25, 0.3) is 11.1 Å². The Bertz CT molecular complexity index is 625. The summed E-state index contributed by atoms with van der Waals surface area (Å²) in [5.74, 6) is 1.76. The van der Waals surface area contributed by atoms with Crippen LogP contribution in [-0.2, 0) is 0 Å². The van der Waals surface area contributed by atoms with Crippen LogP contribution in [0.4, 0.5) is 0 Å². The fourth-order valence-electron chi connectivity index (χ4n) is 3.41. The monoisotopic (exact) mass is 308 g/mol. The molecule has 2 aromatic carbocycles. The number of ether oxygens (including phenoxy) is 1. The molecule has 120 valence electrons. The van der Waals surface area contributed by atoms with Gasteiger partial charge in [0, 0.05) is 5.56 Å². The largest absolute Gasteiger partial charge is 0.494 e. The zero-order valence-corrected chi connectivity index (χ0v) is 13.5. The Balaban J connectivity index is 1.57. The van der Waals surface area contributed by atoms with Gasteiger partial charge in [0.1, 0.15) is 5.75 Å². The first kappa shape index (κ1) is 15.8. The molecule has 0 heterocycles. The van der Waals surface area contributed by atoms with Gasteiger partial charge in [-0.15, -0.1) is 0 Å². The highest BCUT2D eigenvalue weighted by molar-refractivity contribution is 5.87. The highest BCUT2D eigenvalue weighted by Gasteiger charge is 2.13. The molecule has 2 nitrogen and oxygen atoms in total. The molecule has 0 atom stereocenters. The van der Waals surface area contributed by atoms with E-state index in [9.17, 15) is 4.79 Å². The van der Waals surface area contributed by atoms with Crippen molar-refractivity contribution in [2.75, 3.05) is 6.61 Å². The number of carbonyl (C=O) groups excluding carboxylic acids is 1. The van der Waals surface area contributed by atoms with E-state index in [1.54, 1.807) is 0 Å². The summed E-state index contributed by atoms with van der Waals surface area (Å²) in [5, 5.41) is 0. The zero-order valence-electron chi connectivity index (χ0n) is 13.5. The molecule has 0 amide bonds. The van der Waals surface area contributed by atoms with Crippen molar-refractivity contribution in [2.24, 2.45) is 5.92 Å². The number of benzene rings is 2. The van der Waals surface area contributed by atoms with Gasteiger partial charge in [0.05, 0.1) is 6.61 Å². The van der Waals surface area contributed by atoms with Crippen LogP contribution in [0, 0.1) is 5.92 Å². The number of carbonyl (C=O) groups is 1. The SMILES string of the molecule is O=Cc1ccccc1-c1ccc(OCCC2CCCCC2)cc1. The second-order valence-corrected chi connectivity index (χ2v) is 6.37. The minimum atomic E-state index is 0.721. The van der Waals surface area contributed by atoms with Crippen LogP contribution in [0.15, 0.2) is 48.5 Å². The Morgan fingerprint density at radius 3 is 2.43 bits per heavy atom. The number of hydrogen-bond acceptors (Lipinski definition) is 2. The van der Waals surface area contributed by atoms with Gasteiger partial charge in [-0.2, -0.15) is 0 Å². The molecule has 0 unspecified atom stereocenters. The summed E-state index contributed by atoms with van der Waals surface area (Å²) in [7, 11) is 0. The predicted octanol–water partition coefficient (Wildman–Crippen LogP) is 5.52. The lowest BCUT2D eigenvalue weighted by molar-refractivity contribution is 0.112. The van der Waals surface area contributed by atoms with Gasteiger partial charge in [-0.3, -0.25) is 4.79 Å². The minimum absolute atomic E-state index is 0.721. The zero-order chi connectivity index (χ0) is 15.9. The molecule has 1 saturated carbocycles. The van der Waals surface area contributed by atoms with Gasteiger partial charge in [-0.1, -0.05) is 68.5 Å². The summed E-state index contributed by atoms with van der Waals surface area (Å²) in [4.78, 5) is 11.1. The molecule has 0 aromatic heterocycles. The van der Waals surface area contributed by atoms with Crippen molar-refractivity contribution < 1.29 is 9.53 Å². The summed E-state index contributed by atoms with van der Waals surface area (Å²) in [6, 6.07) is 15.7. The van der Waals surface area contributed by atoms with Crippen LogP contribution in [0.2, 0.25) is 0 Å². The predicted molar refractivity (Wildman–Crippen MR) is 94.0 cm³/mol. The van der Waals surface area contributed by atoms with Gasteiger partial charge in [0.25, 0.3) is 0 Å². The second kappa shape index (κ2) is 7.96. The third kappa shape index (κ3) is 4.22. The van der Waals surface area contributed by atoms with E-state index in [4.69, 9.17) is 4.74 Å². The van der Waals surface area contributed by atoms with Crippen LogP contribution < -0.4 is 4.74 Å². The summed E-state index contributed by atoms with van der Waals surface area (Å²) < 4.78 is 5.89. The third-order valence-corrected chi connectivity index (χ3v) is 4.77. The van der Waals surface area contributed by atoms with Crippen molar-refractivity contribution in [3.8, 4) is 16.9 Å². The fourth-order valence-corrected chi connectivity index (χ4v) is 3.41. The molecule has 1 aliphatic carbocycles. The lowest BCUT2D eigenvalue weighted by atomic mass is 9.87. The van der Waals surface area contributed by atoms with Gasteiger partial charge < -0.3 is 4.74 Å². The van der Waals surface area contributed by atoms with E-state index in [1.165, 1.54) is 32.1 Å². The van der Waals surface area contributed by atoms with E-state index in [0.29, 0.717) is 0 Å². The van der Waals surface area contributed by atoms with Crippen LogP contribution >= 0.6 is 0 Å². The molecule has 0 saturated heterocycles. The first-order valence-corrected chi connectivity index (χ1v) is 8.64. The lowest BCUT2D eigenvalue weighted by Gasteiger charge is -2.21. The maximum Gasteiger partial charge on any atom is 0.150 e. The second-order valence-electron chi connectivity index (χ2n) is 6.37. The van der Waals surface area contributed by atoms with E-state index in [-0.39, 0.29) is 0 Å². The van der Waals surface area contributed by atoms with E-state index < -0.39 is 0 Å². The topological polar surface area (TPSA) is 26.3 Å². The van der Waals surface area contributed by atoms with Crippen molar-refractivity contribution in [1.29, 1.82) is 0 Å². The maximum absolute atomic E-state index is 11.1. The molecule has 1 aliphatic rings. The van der Waals surface area contributed by atoms with Crippen LogP contribution in [-0.4, -0.2) is 12.9 Å². The van der Waals surface area contributed by atoms with Gasteiger partial charge in [-0.25, -0.2) is 0 Å². The maximum atomic E-state index is 11.1. The number of aldehydes is 1.